The van der Waals surface area contributed by atoms with Crippen molar-refractivity contribution in [3.63, 3.8) is 0 Å². The van der Waals surface area contributed by atoms with Crippen molar-refractivity contribution in [3.8, 4) is 0 Å². The number of nitrogens with zero attached hydrogens (tertiary/aromatic N) is 2. The van der Waals surface area contributed by atoms with Crippen LogP contribution in [0.1, 0.15) is 28.9 Å². The molecular formula is C16H17ClN2O2. The summed E-state index contributed by atoms with van der Waals surface area (Å²) in [4.78, 5) is 14.2. The maximum atomic E-state index is 12.3. The Morgan fingerprint density at radius 1 is 1.48 bits per heavy atom. The molecule has 5 heteroatoms. The van der Waals surface area contributed by atoms with E-state index in [9.17, 15) is 4.79 Å². The molecule has 0 fully saturated rings. The molecule has 3 rings (SSSR count). The van der Waals surface area contributed by atoms with Crippen molar-refractivity contribution < 1.29 is 9.32 Å². The molecule has 110 valence electrons. The molecule has 1 aromatic carbocycles. The Balaban J connectivity index is 1.58. The van der Waals surface area contributed by atoms with Crippen molar-refractivity contribution in [2.24, 2.45) is 0 Å². The first-order valence-corrected chi connectivity index (χ1v) is 7.46. The van der Waals surface area contributed by atoms with E-state index in [-0.39, 0.29) is 5.91 Å². The zero-order valence-corrected chi connectivity index (χ0v) is 12.7. The molecule has 0 aliphatic carbocycles. The Morgan fingerprint density at radius 2 is 2.33 bits per heavy atom. The van der Waals surface area contributed by atoms with Crippen molar-refractivity contribution in [3.05, 3.63) is 51.9 Å². The molecule has 1 aliphatic rings. The van der Waals surface area contributed by atoms with Crippen molar-refractivity contribution in [2.75, 3.05) is 6.54 Å². The van der Waals surface area contributed by atoms with Gasteiger partial charge in [0.2, 0.25) is 5.91 Å². The average molecular weight is 305 g/mol. The molecule has 0 saturated heterocycles. The van der Waals surface area contributed by atoms with E-state index < -0.39 is 0 Å². The quantitative estimate of drug-likeness (QED) is 0.875. The molecule has 1 aromatic heterocycles. The highest BCUT2D eigenvalue weighted by atomic mass is 35.5. The number of hydrogen-bond donors (Lipinski definition) is 0. The second-order valence-electron chi connectivity index (χ2n) is 5.42. The SMILES string of the molecule is Cc1cc(CCC(=O)N2CCc3oncc3C2)ccc1Cl. The largest absolute Gasteiger partial charge is 0.361 e. The number of benzene rings is 1. The molecule has 4 nitrogen and oxygen atoms in total. The third-order valence-electron chi connectivity index (χ3n) is 3.90. The minimum Gasteiger partial charge on any atom is -0.361 e. The van der Waals surface area contributed by atoms with Crippen molar-refractivity contribution in [2.45, 2.75) is 32.7 Å². The zero-order valence-electron chi connectivity index (χ0n) is 11.9. The molecule has 0 radical (unpaired) electrons. The summed E-state index contributed by atoms with van der Waals surface area (Å²) in [6.45, 7) is 3.30. The average Bonchev–Trinajstić information content (AvgIpc) is 2.95. The van der Waals surface area contributed by atoms with Gasteiger partial charge in [0.15, 0.2) is 0 Å². The van der Waals surface area contributed by atoms with Crippen LogP contribution in [0.25, 0.3) is 0 Å². The number of fused-ring (bicyclic) bond motifs is 1. The van der Waals surface area contributed by atoms with Gasteiger partial charge in [-0.25, -0.2) is 0 Å². The predicted octanol–water partition coefficient (Wildman–Crippen LogP) is 3.15. The van der Waals surface area contributed by atoms with Crippen molar-refractivity contribution in [1.82, 2.24) is 10.1 Å². The molecule has 0 atom stereocenters. The fourth-order valence-corrected chi connectivity index (χ4v) is 2.74. The summed E-state index contributed by atoms with van der Waals surface area (Å²) in [6.07, 6.45) is 3.71. The molecule has 2 heterocycles. The first-order chi connectivity index (χ1) is 10.1. The number of amides is 1. The van der Waals surface area contributed by atoms with Gasteiger partial charge in [0.25, 0.3) is 0 Å². The monoisotopic (exact) mass is 304 g/mol. The summed E-state index contributed by atoms with van der Waals surface area (Å²) >= 11 is 6.01. The van der Waals surface area contributed by atoms with Crippen molar-refractivity contribution >= 4 is 17.5 Å². The van der Waals surface area contributed by atoms with Crippen LogP contribution in [0.15, 0.2) is 28.9 Å². The second kappa shape index (κ2) is 5.90. The molecule has 0 unspecified atom stereocenters. The zero-order chi connectivity index (χ0) is 14.8. The number of rotatable bonds is 3. The normalized spacial score (nSPS) is 14.1. The van der Waals surface area contributed by atoms with Gasteiger partial charge in [-0.1, -0.05) is 28.9 Å². The maximum Gasteiger partial charge on any atom is 0.223 e. The Hall–Kier alpha value is -1.81. The van der Waals surface area contributed by atoms with E-state index in [0.717, 1.165) is 40.3 Å². The fraction of sp³-hybridized carbons (Fsp3) is 0.375. The van der Waals surface area contributed by atoms with E-state index in [4.69, 9.17) is 16.1 Å². The number of hydrogen-bond acceptors (Lipinski definition) is 3. The lowest BCUT2D eigenvalue weighted by molar-refractivity contribution is -0.132. The topological polar surface area (TPSA) is 46.3 Å². The third-order valence-corrected chi connectivity index (χ3v) is 4.33. The van der Waals surface area contributed by atoms with Crippen LogP contribution < -0.4 is 0 Å². The molecule has 0 N–H and O–H groups in total. The van der Waals surface area contributed by atoms with Crippen LogP contribution >= 0.6 is 11.6 Å². The van der Waals surface area contributed by atoms with E-state index in [1.54, 1.807) is 6.20 Å². The highest BCUT2D eigenvalue weighted by Gasteiger charge is 2.23. The van der Waals surface area contributed by atoms with E-state index in [0.29, 0.717) is 19.5 Å². The lowest BCUT2D eigenvalue weighted by atomic mass is 10.1. The summed E-state index contributed by atoms with van der Waals surface area (Å²) in [7, 11) is 0. The first-order valence-electron chi connectivity index (χ1n) is 7.08. The van der Waals surface area contributed by atoms with Gasteiger partial charge in [-0.15, -0.1) is 0 Å². The standard InChI is InChI=1S/C16H17ClN2O2/c1-11-8-12(2-4-14(11)17)3-5-16(20)19-7-6-15-13(10-19)9-18-21-15/h2,4,8-9H,3,5-7,10H2,1H3. The molecule has 0 saturated carbocycles. The first kappa shape index (κ1) is 14.1. The van der Waals surface area contributed by atoms with E-state index >= 15 is 0 Å². The molecule has 1 aliphatic heterocycles. The lowest BCUT2D eigenvalue weighted by Gasteiger charge is -2.25. The molecule has 2 aromatic rings. The summed E-state index contributed by atoms with van der Waals surface area (Å²) in [5.74, 6) is 1.09. The summed E-state index contributed by atoms with van der Waals surface area (Å²) < 4.78 is 5.14. The minimum absolute atomic E-state index is 0.175. The number of aryl methyl sites for hydroxylation is 2. The van der Waals surface area contributed by atoms with E-state index in [1.165, 1.54) is 0 Å². The highest BCUT2D eigenvalue weighted by Crippen LogP contribution is 2.20. The lowest BCUT2D eigenvalue weighted by Crippen LogP contribution is -2.35. The number of carbonyl (C=O) groups excluding carboxylic acids is 1. The Kier molecular flexibility index (Phi) is 3.97. The van der Waals surface area contributed by atoms with Gasteiger partial charge in [0, 0.05) is 30.0 Å². The Morgan fingerprint density at radius 3 is 3.14 bits per heavy atom. The van der Waals surface area contributed by atoms with Crippen LogP contribution in [0, 0.1) is 6.92 Å². The van der Waals surface area contributed by atoms with Gasteiger partial charge in [-0.2, -0.15) is 0 Å². The van der Waals surface area contributed by atoms with Gasteiger partial charge in [-0.05, 0) is 30.5 Å². The van der Waals surface area contributed by atoms with Gasteiger partial charge in [-0.3, -0.25) is 4.79 Å². The van der Waals surface area contributed by atoms with Gasteiger partial charge in [0.1, 0.15) is 5.76 Å². The number of carbonyl (C=O) groups is 1. The summed E-state index contributed by atoms with van der Waals surface area (Å²) in [6, 6.07) is 5.92. The molecular weight excluding hydrogens is 288 g/mol. The predicted molar refractivity (Wildman–Crippen MR) is 80.1 cm³/mol. The second-order valence-corrected chi connectivity index (χ2v) is 5.83. The number of halogens is 1. The molecule has 21 heavy (non-hydrogen) atoms. The van der Waals surface area contributed by atoms with E-state index in [2.05, 4.69) is 5.16 Å². The summed E-state index contributed by atoms with van der Waals surface area (Å²) in [5, 5.41) is 4.55. The van der Waals surface area contributed by atoms with Gasteiger partial charge < -0.3 is 9.42 Å². The van der Waals surface area contributed by atoms with E-state index in [1.807, 2.05) is 30.0 Å². The smallest absolute Gasteiger partial charge is 0.223 e. The minimum atomic E-state index is 0.175. The fourth-order valence-electron chi connectivity index (χ4n) is 2.63. The third kappa shape index (κ3) is 3.10. The van der Waals surface area contributed by atoms with Crippen molar-refractivity contribution in [1.29, 1.82) is 0 Å². The van der Waals surface area contributed by atoms with Gasteiger partial charge in [0.05, 0.1) is 12.7 Å². The van der Waals surface area contributed by atoms with Gasteiger partial charge >= 0.3 is 0 Å². The molecule has 1 amide bonds. The van der Waals surface area contributed by atoms with Crippen LogP contribution in [0.3, 0.4) is 0 Å². The van der Waals surface area contributed by atoms with Crippen LogP contribution in [-0.2, 0) is 24.2 Å². The molecule has 0 bridgehead atoms. The maximum absolute atomic E-state index is 12.3. The number of aromatic nitrogens is 1. The Labute approximate surface area is 128 Å². The van der Waals surface area contributed by atoms with Crippen LogP contribution in [0.2, 0.25) is 5.02 Å². The molecule has 0 spiro atoms. The Bertz CT molecular complexity index is 666. The van der Waals surface area contributed by atoms with Crippen LogP contribution in [0.5, 0.6) is 0 Å². The van der Waals surface area contributed by atoms with Crippen LogP contribution in [0.4, 0.5) is 0 Å². The highest BCUT2D eigenvalue weighted by molar-refractivity contribution is 6.31. The van der Waals surface area contributed by atoms with Crippen LogP contribution in [-0.4, -0.2) is 22.5 Å². The summed E-state index contributed by atoms with van der Waals surface area (Å²) in [5.41, 5.74) is 3.22.